The third-order valence-electron chi connectivity index (χ3n) is 6.66. The molecule has 0 aliphatic carbocycles. The molecular weight excluding hydrogens is 440 g/mol. The van der Waals surface area contributed by atoms with Gasteiger partial charge in [-0.05, 0) is 55.9 Å². The van der Waals surface area contributed by atoms with Gasteiger partial charge in [0.25, 0.3) is 5.91 Å². The van der Waals surface area contributed by atoms with E-state index in [0.29, 0.717) is 31.6 Å². The van der Waals surface area contributed by atoms with Crippen LogP contribution in [0.3, 0.4) is 0 Å². The summed E-state index contributed by atoms with van der Waals surface area (Å²) in [6, 6.07) is 9.26. The highest BCUT2D eigenvalue weighted by Gasteiger charge is 2.34. The van der Waals surface area contributed by atoms with Crippen LogP contribution in [0.15, 0.2) is 41.4 Å². The number of likely N-dealkylation sites (tertiary alicyclic amines) is 1. The summed E-state index contributed by atoms with van der Waals surface area (Å²) >= 11 is 0. The van der Waals surface area contributed by atoms with Crippen molar-refractivity contribution < 1.29 is 18.0 Å². The molecule has 3 heterocycles. The van der Waals surface area contributed by atoms with E-state index in [4.69, 9.17) is 0 Å². The third kappa shape index (κ3) is 4.99. The van der Waals surface area contributed by atoms with Gasteiger partial charge in [0.15, 0.2) is 0 Å². The van der Waals surface area contributed by atoms with E-state index < -0.39 is 10.0 Å². The molecule has 2 aromatic rings. The number of aromatic nitrogens is 1. The Morgan fingerprint density at radius 1 is 1.06 bits per heavy atom. The number of carbonyl (C=O) groups is 2. The lowest BCUT2D eigenvalue weighted by atomic mass is 9.97. The summed E-state index contributed by atoms with van der Waals surface area (Å²) in [7, 11) is -2.03. The minimum Gasteiger partial charge on any atom is -0.345 e. The second kappa shape index (κ2) is 9.69. The van der Waals surface area contributed by atoms with Crippen LogP contribution < -0.4 is 5.32 Å². The van der Waals surface area contributed by atoms with Crippen molar-refractivity contribution in [1.29, 1.82) is 0 Å². The zero-order chi connectivity index (χ0) is 23.6. The van der Waals surface area contributed by atoms with Gasteiger partial charge in [-0.15, -0.1) is 0 Å². The van der Waals surface area contributed by atoms with Crippen molar-refractivity contribution in [2.24, 2.45) is 13.0 Å². The molecule has 0 radical (unpaired) electrons. The second-order valence-electron chi connectivity index (χ2n) is 8.89. The SMILES string of the molecule is CCc1cccc(NC(=O)C2CCN(S(=O)(=O)c3cc(C(=O)N4CCCC4)n(C)c3)CC2)c1. The van der Waals surface area contributed by atoms with E-state index in [1.165, 1.54) is 16.6 Å². The highest BCUT2D eigenvalue weighted by atomic mass is 32.2. The number of rotatable bonds is 6. The number of carbonyl (C=O) groups excluding carboxylic acids is 2. The Bertz CT molecular complexity index is 1130. The van der Waals surface area contributed by atoms with E-state index in [1.807, 2.05) is 24.3 Å². The molecule has 9 heteroatoms. The van der Waals surface area contributed by atoms with Crippen LogP contribution in [0.25, 0.3) is 0 Å². The Balaban J connectivity index is 1.39. The van der Waals surface area contributed by atoms with Crippen LogP contribution in [-0.2, 0) is 28.3 Å². The van der Waals surface area contributed by atoms with Gasteiger partial charge in [-0.2, -0.15) is 4.31 Å². The van der Waals surface area contributed by atoms with E-state index in [9.17, 15) is 18.0 Å². The van der Waals surface area contributed by atoms with Crippen LogP contribution in [0.4, 0.5) is 5.69 Å². The summed E-state index contributed by atoms with van der Waals surface area (Å²) in [5.41, 5.74) is 2.31. The molecule has 178 valence electrons. The molecular formula is C24H32N4O4S. The summed E-state index contributed by atoms with van der Waals surface area (Å²) in [6.07, 6.45) is 5.29. The number of nitrogens with one attached hydrogen (secondary N) is 1. The van der Waals surface area contributed by atoms with E-state index in [1.54, 1.807) is 16.5 Å². The fourth-order valence-corrected chi connectivity index (χ4v) is 6.13. The lowest BCUT2D eigenvalue weighted by molar-refractivity contribution is -0.120. The zero-order valence-corrected chi connectivity index (χ0v) is 20.1. The van der Waals surface area contributed by atoms with Gasteiger partial charge in [0, 0.05) is 51.0 Å². The van der Waals surface area contributed by atoms with Gasteiger partial charge < -0.3 is 14.8 Å². The van der Waals surface area contributed by atoms with Gasteiger partial charge in [0.1, 0.15) is 10.6 Å². The Morgan fingerprint density at radius 3 is 2.42 bits per heavy atom. The first-order valence-electron chi connectivity index (χ1n) is 11.6. The number of hydrogen-bond acceptors (Lipinski definition) is 4. The maximum atomic E-state index is 13.2. The monoisotopic (exact) mass is 472 g/mol. The number of anilines is 1. The van der Waals surface area contributed by atoms with Gasteiger partial charge in [0.05, 0.1) is 0 Å². The van der Waals surface area contributed by atoms with E-state index in [0.717, 1.165) is 30.5 Å². The first-order valence-corrected chi connectivity index (χ1v) is 13.1. The molecule has 8 nitrogen and oxygen atoms in total. The minimum absolute atomic E-state index is 0.0708. The molecule has 4 rings (SSSR count). The standard InChI is InChI=1S/C24H32N4O4S/c1-3-18-7-6-8-20(15-18)25-23(29)19-9-13-28(14-10-19)33(31,32)21-16-22(26(2)17-21)24(30)27-11-4-5-12-27/h6-8,15-17,19H,3-5,9-14H2,1-2H3,(H,25,29). The van der Waals surface area contributed by atoms with Crippen LogP contribution in [0, 0.1) is 5.92 Å². The Kier molecular flexibility index (Phi) is 6.90. The van der Waals surface area contributed by atoms with Gasteiger partial charge in [-0.1, -0.05) is 19.1 Å². The third-order valence-corrected chi connectivity index (χ3v) is 8.52. The summed E-state index contributed by atoms with van der Waals surface area (Å²) in [6.45, 7) is 4.05. The van der Waals surface area contributed by atoms with Crippen molar-refractivity contribution in [1.82, 2.24) is 13.8 Å². The smallest absolute Gasteiger partial charge is 0.270 e. The van der Waals surface area contributed by atoms with Crippen molar-refractivity contribution in [3.8, 4) is 0 Å². The predicted octanol–water partition coefficient (Wildman–Crippen LogP) is 2.86. The Morgan fingerprint density at radius 2 is 1.76 bits per heavy atom. The topological polar surface area (TPSA) is 91.7 Å². The van der Waals surface area contributed by atoms with Crippen LogP contribution in [0.1, 0.15) is 48.7 Å². The van der Waals surface area contributed by atoms with Crippen LogP contribution >= 0.6 is 0 Å². The van der Waals surface area contributed by atoms with Crippen LogP contribution in [0.5, 0.6) is 0 Å². The van der Waals surface area contributed by atoms with Gasteiger partial charge in [-0.25, -0.2) is 8.42 Å². The molecule has 0 spiro atoms. The first kappa shape index (κ1) is 23.5. The maximum absolute atomic E-state index is 13.2. The largest absolute Gasteiger partial charge is 0.345 e. The molecule has 2 aliphatic heterocycles. The van der Waals surface area contributed by atoms with E-state index >= 15 is 0 Å². The number of sulfonamides is 1. The van der Waals surface area contributed by atoms with Crippen LogP contribution in [0.2, 0.25) is 0 Å². The number of aryl methyl sites for hydroxylation is 2. The Labute approximate surface area is 195 Å². The highest BCUT2D eigenvalue weighted by molar-refractivity contribution is 7.89. The average Bonchev–Trinajstić information content (AvgIpc) is 3.49. The molecule has 2 amide bonds. The molecule has 0 bridgehead atoms. The predicted molar refractivity (Wildman–Crippen MR) is 126 cm³/mol. The molecule has 0 unspecified atom stereocenters. The summed E-state index contributed by atoms with van der Waals surface area (Å²) in [4.78, 5) is 27.4. The van der Waals surface area contributed by atoms with E-state index in [-0.39, 0.29) is 35.7 Å². The van der Waals surface area contributed by atoms with Crippen molar-refractivity contribution in [3.05, 3.63) is 47.8 Å². The summed E-state index contributed by atoms with van der Waals surface area (Å²) in [5.74, 6) is -0.428. The Hall–Kier alpha value is -2.65. The van der Waals surface area contributed by atoms with Gasteiger partial charge >= 0.3 is 0 Å². The number of nitrogens with zero attached hydrogens (tertiary/aromatic N) is 3. The lowest BCUT2D eigenvalue weighted by Gasteiger charge is -2.30. The molecule has 0 atom stereocenters. The normalized spacial score (nSPS) is 17.9. The molecule has 0 saturated carbocycles. The maximum Gasteiger partial charge on any atom is 0.270 e. The molecule has 1 aromatic carbocycles. The molecule has 2 aliphatic rings. The zero-order valence-electron chi connectivity index (χ0n) is 19.3. The fourth-order valence-electron chi connectivity index (χ4n) is 4.59. The highest BCUT2D eigenvalue weighted by Crippen LogP contribution is 2.27. The number of benzene rings is 1. The van der Waals surface area contributed by atoms with Gasteiger partial charge in [-0.3, -0.25) is 9.59 Å². The fraction of sp³-hybridized carbons (Fsp3) is 0.500. The summed E-state index contributed by atoms with van der Waals surface area (Å²) < 4.78 is 29.5. The number of hydrogen-bond donors (Lipinski definition) is 1. The molecule has 2 fully saturated rings. The molecule has 2 saturated heterocycles. The molecule has 1 N–H and O–H groups in total. The van der Waals surface area contributed by atoms with Crippen molar-refractivity contribution in [2.45, 2.75) is 43.9 Å². The second-order valence-corrected chi connectivity index (χ2v) is 10.8. The van der Waals surface area contributed by atoms with Crippen molar-refractivity contribution in [3.63, 3.8) is 0 Å². The molecule has 1 aromatic heterocycles. The molecule has 33 heavy (non-hydrogen) atoms. The first-order chi connectivity index (χ1) is 15.8. The van der Waals surface area contributed by atoms with Gasteiger partial charge in [0.2, 0.25) is 15.9 Å². The van der Waals surface area contributed by atoms with E-state index in [2.05, 4.69) is 12.2 Å². The lowest BCUT2D eigenvalue weighted by Crippen LogP contribution is -2.41. The minimum atomic E-state index is -3.73. The number of piperidine rings is 1. The van der Waals surface area contributed by atoms with Crippen LogP contribution in [-0.4, -0.2) is 60.2 Å². The van der Waals surface area contributed by atoms with Crippen molar-refractivity contribution in [2.75, 3.05) is 31.5 Å². The van der Waals surface area contributed by atoms with Crippen molar-refractivity contribution >= 4 is 27.5 Å². The summed E-state index contributed by atoms with van der Waals surface area (Å²) in [5, 5.41) is 2.97. The number of amides is 2. The average molecular weight is 473 g/mol. The quantitative estimate of drug-likeness (QED) is 0.700.